The second-order valence-corrected chi connectivity index (χ2v) is 5.29. The molecule has 0 aliphatic heterocycles. The molecule has 120 valence electrons. The third-order valence-corrected chi connectivity index (χ3v) is 3.67. The minimum Gasteiger partial charge on any atom is -1.00 e. The van der Waals surface area contributed by atoms with Gasteiger partial charge < -0.3 is 22.1 Å². The predicted octanol–water partition coefficient (Wildman–Crippen LogP) is 1.94. The zero-order valence-electron chi connectivity index (χ0n) is 12.8. The summed E-state index contributed by atoms with van der Waals surface area (Å²) in [6.45, 7) is 2.77. The normalized spacial score (nSPS) is 11.7. The van der Waals surface area contributed by atoms with Gasteiger partial charge in [-0.2, -0.15) is 0 Å². The van der Waals surface area contributed by atoms with E-state index in [4.69, 9.17) is 4.42 Å². The summed E-state index contributed by atoms with van der Waals surface area (Å²) in [5.74, 6) is 1.38. The fourth-order valence-corrected chi connectivity index (χ4v) is 2.36. The Labute approximate surface area is 141 Å². The highest BCUT2D eigenvalue weighted by Gasteiger charge is 2.08. The molecule has 3 aromatic rings. The van der Waals surface area contributed by atoms with Gasteiger partial charge >= 0.3 is 0 Å². The van der Waals surface area contributed by atoms with E-state index < -0.39 is 0 Å². The van der Waals surface area contributed by atoms with Gasteiger partial charge in [0.15, 0.2) is 0 Å². The molecule has 1 unspecified atom stereocenters. The van der Waals surface area contributed by atoms with Gasteiger partial charge in [0.05, 0.1) is 6.54 Å². The van der Waals surface area contributed by atoms with Gasteiger partial charge in [-0.3, -0.25) is 0 Å². The van der Waals surface area contributed by atoms with Crippen molar-refractivity contribution in [2.75, 3.05) is 0 Å². The fraction of sp³-hybridized carbons (Fsp3) is 0.158. The highest BCUT2D eigenvalue weighted by Crippen LogP contribution is 2.23. The maximum absolute atomic E-state index is 12.9. The molecule has 0 bridgehead atoms. The van der Waals surface area contributed by atoms with Crippen LogP contribution in [0.2, 0.25) is 0 Å². The van der Waals surface area contributed by atoms with Crippen molar-refractivity contribution in [3.05, 3.63) is 83.9 Å². The van der Waals surface area contributed by atoms with Gasteiger partial charge in [-0.15, -0.1) is 0 Å². The Morgan fingerprint density at radius 3 is 2.35 bits per heavy atom. The smallest absolute Gasteiger partial charge is 0.134 e. The molecular formula is C19H18ClFNO-. The van der Waals surface area contributed by atoms with Crippen LogP contribution in [0, 0.1) is 5.82 Å². The number of benzene rings is 2. The summed E-state index contributed by atoms with van der Waals surface area (Å²) in [5.41, 5.74) is 2.12. The van der Waals surface area contributed by atoms with Crippen molar-refractivity contribution in [2.45, 2.75) is 19.5 Å². The Balaban J connectivity index is 0.00000192. The minimum atomic E-state index is -0.242. The topological polar surface area (TPSA) is 25.2 Å². The predicted molar refractivity (Wildman–Crippen MR) is 85.8 cm³/mol. The lowest BCUT2D eigenvalue weighted by molar-refractivity contribution is -0.00000564. The Morgan fingerprint density at radius 2 is 1.65 bits per heavy atom. The molecule has 4 heteroatoms. The standard InChI is InChI=1S/C19H18FNO.ClH/c1-14(15-5-3-2-4-6-15)21-13-18-11-12-19(22-18)16-7-9-17(20)10-8-16;/h2-12,14,21H,13H2,1H3;1H/p-1. The highest BCUT2D eigenvalue weighted by atomic mass is 35.5. The van der Waals surface area contributed by atoms with Crippen LogP contribution in [-0.4, -0.2) is 0 Å². The molecule has 0 saturated heterocycles. The van der Waals surface area contributed by atoms with Crippen molar-refractivity contribution in [2.24, 2.45) is 0 Å². The Hall–Kier alpha value is -2.10. The van der Waals surface area contributed by atoms with E-state index in [0.29, 0.717) is 6.54 Å². The molecule has 0 aliphatic carbocycles. The second-order valence-electron chi connectivity index (χ2n) is 5.29. The lowest BCUT2D eigenvalue weighted by Crippen LogP contribution is -3.00. The van der Waals surface area contributed by atoms with E-state index in [1.165, 1.54) is 17.7 Å². The molecule has 1 N–H and O–H groups in total. The number of hydrogen-bond acceptors (Lipinski definition) is 2. The summed E-state index contributed by atoms with van der Waals surface area (Å²) in [6, 6.07) is 20.7. The summed E-state index contributed by atoms with van der Waals surface area (Å²) in [7, 11) is 0. The van der Waals surface area contributed by atoms with Crippen molar-refractivity contribution in [1.29, 1.82) is 0 Å². The van der Waals surface area contributed by atoms with Crippen LogP contribution in [-0.2, 0) is 6.54 Å². The third kappa shape index (κ3) is 4.44. The highest BCUT2D eigenvalue weighted by molar-refractivity contribution is 5.57. The van der Waals surface area contributed by atoms with Crippen LogP contribution in [0.3, 0.4) is 0 Å². The molecule has 0 amide bonds. The Kier molecular flexibility index (Phi) is 5.97. The van der Waals surface area contributed by atoms with Crippen LogP contribution in [0.5, 0.6) is 0 Å². The van der Waals surface area contributed by atoms with Crippen molar-refractivity contribution in [3.63, 3.8) is 0 Å². The number of furan rings is 1. The molecule has 1 atom stereocenters. The number of halogens is 2. The van der Waals surface area contributed by atoms with Gasteiger partial charge in [0, 0.05) is 11.6 Å². The van der Waals surface area contributed by atoms with E-state index >= 15 is 0 Å². The van der Waals surface area contributed by atoms with E-state index in [2.05, 4.69) is 24.4 Å². The largest absolute Gasteiger partial charge is 1.00 e. The zero-order valence-corrected chi connectivity index (χ0v) is 13.6. The molecule has 0 fully saturated rings. The van der Waals surface area contributed by atoms with Crippen LogP contribution in [0.25, 0.3) is 11.3 Å². The zero-order chi connectivity index (χ0) is 15.4. The van der Waals surface area contributed by atoms with Gasteiger partial charge in [0.25, 0.3) is 0 Å². The van der Waals surface area contributed by atoms with Crippen molar-refractivity contribution < 1.29 is 21.2 Å². The molecule has 0 radical (unpaired) electrons. The van der Waals surface area contributed by atoms with Crippen LogP contribution < -0.4 is 17.7 Å². The molecule has 3 rings (SSSR count). The molecule has 2 aromatic carbocycles. The summed E-state index contributed by atoms with van der Waals surface area (Å²) in [6.07, 6.45) is 0. The van der Waals surface area contributed by atoms with Crippen LogP contribution in [0.15, 0.2) is 71.1 Å². The first-order chi connectivity index (χ1) is 10.7. The van der Waals surface area contributed by atoms with Crippen LogP contribution in [0.4, 0.5) is 4.39 Å². The number of nitrogens with one attached hydrogen (secondary N) is 1. The van der Waals surface area contributed by atoms with E-state index in [9.17, 15) is 4.39 Å². The second kappa shape index (κ2) is 7.95. The molecule has 23 heavy (non-hydrogen) atoms. The van der Waals surface area contributed by atoms with Gasteiger partial charge in [0.2, 0.25) is 0 Å². The minimum absolute atomic E-state index is 0. The molecule has 1 aromatic heterocycles. The van der Waals surface area contributed by atoms with Gasteiger partial charge in [-0.05, 0) is 48.9 Å². The van der Waals surface area contributed by atoms with E-state index in [1.807, 2.05) is 30.3 Å². The summed E-state index contributed by atoms with van der Waals surface area (Å²) in [5, 5.41) is 3.44. The Bertz CT molecular complexity index is 725. The fourth-order valence-electron chi connectivity index (χ4n) is 2.36. The SMILES string of the molecule is CC(NCc1ccc(-c2ccc(F)cc2)o1)c1ccccc1.[Cl-]. The molecule has 1 heterocycles. The van der Waals surface area contributed by atoms with Crippen LogP contribution in [0.1, 0.15) is 24.3 Å². The monoisotopic (exact) mass is 330 g/mol. The third-order valence-electron chi connectivity index (χ3n) is 3.67. The molecule has 2 nitrogen and oxygen atoms in total. The van der Waals surface area contributed by atoms with Crippen LogP contribution >= 0.6 is 0 Å². The van der Waals surface area contributed by atoms with Crippen molar-refractivity contribution >= 4 is 0 Å². The first-order valence-electron chi connectivity index (χ1n) is 7.35. The lowest BCUT2D eigenvalue weighted by Gasteiger charge is -2.12. The van der Waals surface area contributed by atoms with Gasteiger partial charge in [-0.25, -0.2) is 4.39 Å². The average molecular weight is 331 g/mol. The van der Waals surface area contributed by atoms with Gasteiger partial charge in [0.1, 0.15) is 17.3 Å². The molecule has 0 saturated carbocycles. The average Bonchev–Trinajstić information content (AvgIpc) is 3.03. The maximum Gasteiger partial charge on any atom is 0.134 e. The van der Waals surface area contributed by atoms with Crippen molar-refractivity contribution in [3.8, 4) is 11.3 Å². The first-order valence-corrected chi connectivity index (χ1v) is 7.35. The number of hydrogen-bond donors (Lipinski definition) is 1. The van der Waals surface area contributed by atoms with Gasteiger partial charge in [-0.1, -0.05) is 30.3 Å². The maximum atomic E-state index is 12.9. The quantitative estimate of drug-likeness (QED) is 0.773. The molecular weight excluding hydrogens is 313 g/mol. The van der Waals surface area contributed by atoms with E-state index in [-0.39, 0.29) is 24.3 Å². The summed E-state index contributed by atoms with van der Waals surface area (Å²) < 4.78 is 18.7. The Morgan fingerprint density at radius 1 is 0.957 bits per heavy atom. The first kappa shape index (κ1) is 17.3. The number of rotatable bonds is 5. The van der Waals surface area contributed by atoms with E-state index in [1.54, 1.807) is 12.1 Å². The summed E-state index contributed by atoms with van der Waals surface area (Å²) in [4.78, 5) is 0. The summed E-state index contributed by atoms with van der Waals surface area (Å²) >= 11 is 0. The van der Waals surface area contributed by atoms with E-state index in [0.717, 1.165) is 17.1 Å². The lowest BCUT2D eigenvalue weighted by atomic mass is 10.1. The molecule has 0 spiro atoms. The molecule has 0 aliphatic rings. The van der Waals surface area contributed by atoms with Crippen molar-refractivity contribution in [1.82, 2.24) is 5.32 Å².